The molecule has 4 aromatic rings. The molecule has 1 N–H and O–H groups in total. The fourth-order valence-corrected chi connectivity index (χ4v) is 7.73. The summed E-state index contributed by atoms with van der Waals surface area (Å²) in [5.41, 5.74) is 2.75. The van der Waals surface area contributed by atoms with Gasteiger partial charge in [-0.2, -0.15) is 0 Å². The zero-order chi connectivity index (χ0) is 35.0. The molecule has 0 radical (unpaired) electrons. The molecule has 4 aromatic carbocycles. The van der Waals surface area contributed by atoms with Gasteiger partial charge in [0.15, 0.2) is 0 Å². The number of ether oxygens (including phenoxy) is 1. The van der Waals surface area contributed by atoms with Gasteiger partial charge >= 0.3 is 0 Å². The third-order valence-corrected chi connectivity index (χ3v) is 11.2. The van der Waals surface area contributed by atoms with Gasteiger partial charge in [-0.25, -0.2) is 8.42 Å². The van der Waals surface area contributed by atoms with Crippen LogP contribution in [0.25, 0.3) is 0 Å². The molecule has 0 bridgehead atoms. The molecular formula is C38H41Cl2N3O5S. The minimum absolute atomic E-state index is 0.000160. The Kier molecular flexibility index (Phi) is 12.3. The van der Waals surface area contributed by atoms with Crippen molar-refractivity contribution in [3.05, 3.63) is 124 Å². The van der Waals surface area contributed by atoms with E-state index in [1.54, 1.807) is 54.6 Å². The molecule has 0 heterocycles. The van der Waals surface area contributed by atoms with Gasteiger partial charge in [0.1, 0.15) is 18.3 Å². The van der Waals surface area contributed by atoms with E-state index in [9.17, 15) is 18.0 Å². The van der Waals surface area contributed by atoms with Gasteiger partial charge in [0.25, 0.3) is 10.0 Å². The number of aryl methyl sites for hydroxylation is 1. The monoisotopic (exact) mass is 721 g/mol. The van der Waals surface area contributed by atoms with Crippen molar-refractivity contribution in [2.45, 2.75) is 69.5 Å². The van der Waals surface area contributed by atoms with E-state index in [0.717, 1.165) is 41.1 Å². The number of rotatable bonds is 14. The third kappa shape index (κ3) is 9.35. The number of carbonyl (C=O) groups excluding carboxylic acids is 2. The van der Waals surface area contributed by atoms with Crippen LogP contribution in [0.15, 0.2) is 102 Å². The largest absolute Gasteiger partial charge is 0.494 e. The highest BCUT2D eigenvalue weighted by molar-refractivity contribution is 7.92. The van der Waals surface area contributed by atoms with E-state index in [1.165, 1.54) is 17.0 Å². The van der Waals surface area contributed by atoms with E-state index >= 15 is 0 Å². The second-order valence-electron chi connectivity index (χ2n) is 12.2. The van der Waals surface area contributed by atoms with Gasteiger partial charge in [0.05, 0.1) is 27.2 Å². The van der Waals surface area contributed by atoms with Crippen LogP contribution in [0.3, 0.4) is 0 Å². The lowest BCUT2D eigenvalue weighted by Crippen LogP contribution is -2.54. The fraction of sp³-hybridized carbons (Fsp3) is 0.316. The maximum Gasteiger partial charge on any atom is 0.264 e. The van der Waals surface area contributed by atoms with E-state index in [0.29, 0.717) is 33.7 Å². The number of nitrogens with zero attached hydrogens (tertiary/aromatic N) is 2. The van der Waals surface area contributed by atoms with Crippen molar-refractivity contribution in [2.75, 3.05) is 17.5 Å². The maximum atomic E-state index is 14.7. The second kappa shape index (κ2) is 16.6. The van der Waals surface area contributed by atoms with E-state index < -0.39 is 28.5 Å². The summed E-state index contributed by atoms with van der Waals surface area (Å²) >= 11 is 12.6. The zero-order valence-corrected chi connectivity index (χ0v) is 30.0. The molecule has 1 aliphatic rings. The first-order valence-electron chi connectivity index (χ1n) is 16.4. The van der Waals surface area contributed by atoms with Crippen LogP contribution >= 0.6 is 23.2 Å². The standard InChI is InChI=1S/C38H41Cl2N3O5S/c1-3-48-32-18-20-33(21-19-32)49(46,47)43(31-16-13-27(2)14-17-31)26-37(44)42(25-29-15-22-34(39)35(40)23-29)36(24-28-9-5-4-6-10-28)38(45)41-30-11-7-8-12-30/h4-6,9-10,13-23,30,36H,3,7-8,11-12,24-26H2,1-2H3,(H,41,45). The maximum absolute atomic E-state index is 14.7. The Hall–Kier alpha value is -4.05. The van der Waals surface area contributed by atoms with Crippen molar-refractivity contribution < 1.29 is 22.7 Å². The molecular weight excluding hydrogens is 681 g/mol. The van der Waals surface area contributed by atoms with E-state index in [-0.39, 0.29) is 29.8 Å². The topological polar surface area (TPSA) is 96.0 Å². The summed E-state index contributed by atoms with van der Waals surface area (Å²) < 4.78 is 35.2. The Labute approximate surface area is 299 Å². The number of benzene rings is 4. The molecule has 0 aliphatic heterocycles. The number of hydrogen-bond donors (Lipinski definition) is 1. The minimum atomic E-state index is -4.24. The first-order chi connectivity index (χ1) is 23.5. The van der Waals surface area contributed by atoms with Gasteiger partial charge < -0.3 is 15.0 Å². The van der Waals surface area contributed by atoms with Crippen LogP contribution in [0.1, 0.15) is 49.3 Å². The average Bonchev–Trinajstić information content (AvgIpc) is 3.61. The van der Waals surface area contributed by atoms with Gasteiger partial charge in [-0.05, 0) is 86.3 Å². The lowest BCUT2D eigenvalue weighted by atomic mass is 10.0. The van der Waals surface area contributed by atoms with Crippen molar-refractivity contribution in [3.8, 4) is 5.75 Å². The Morgan fingerprint density at radius 1 is 0.878 bits per heavy atom. The van der Waals surface area contributed by atoms with Crippen molar-refractivity contribution in [1.82, 2.24) is 10.2 Å². The summed E-state index contributed by atoms with van der Waals surface area (Å²) in [5, 5.41) is 3.84. The molecule has 0 aromatic heterocycles. The van der Waals surface area contributed by atoms with Crippen LogP contribution in [0.5, 0.6) is 5.75 Å². The quantitative estimate of drug-likeness (QED) is 0.145. The van der Waals surface area contributed by atoms with E-state index in [4.69, 9.17) is 27.9 Å². The molecule has 5 rings (SSSR count). The van der Waals surface area contributed by atoms with Gasteiger partial charge in [-0.3, -0.25) is 13.9 Å². The number of carbonyl (C=O) groups is 2. The molecule has 1 atom stereocenters. The second-order valence-corrected chi connectivity index (χ2v) is 14.9. The molecule has 1 saturated carbocycles. The molecule has 1 unspecified atom stereocenters. The molecule has 1 fully saturated rings. The molecule has 1 aliphatic carbocycles. The summed E-state index contributed by atoms with van der Waals surface area (Å²) in [6, 6.07) is 26.6. The number of hydrogen-bond acceptors (Lipinski definition) is 5. The third-order valence-electron chi connectivity index (χ3n) is 8.63. The fourth-order valence-electron chi connectivity index (χ4n) is 6.00. The number of anilines is 1. The summed E-state index contributed by atoms with van der Waals surface area (Å²) in [6.45, 7) is 3.62. The van der Waals surface area contributed by atoms with E-state index in [1.807, 2.05) is 44.2 Å². The number of amides is 2. The Bertz CT molecular complexity index is 1830. The highest BCUT2D eigenvalue weighted by Gasteiger charge is 2.35. The van der Waals surface area contributed by atoms with Crippen LogP contribution in [-0.4, -0.2) is 50.4 Å². The van der Waals surface area contributed by atoms with E-state index in [2.05, 4.69) is 5.32 Å². The number of sulfonamides is 1. The van der Waals surface area contributed by atoms with Crippen LogP contribution in [-0.2, 0) is 32.6 Å². The predicted octanol–water partition coefficient (Wildman–Crippen LogP) is 7.59. The Morgan fingerprint density at radius 2 is 1.55 bits per heavy atom. The SMILES string of the molecule is CCOc1ccc(S(=O)(=O)N(CC(=O)N(Cc2ccc(Cl)c(Cl)c2)C(Cc2ccccc2)C(=O)NC2CCCC2)c2ccc(C)cc2)cc1. The van der Waals surface area contributed by atoms with Crippen molar-refractivity contribution in [3.63, 3.8) is 0 Å². The van der Waals surface area contributed by atoms with Crippen molar-refractivity contribution in [2.24, 2.45) is 0 Å². The van der Waals surface area contributed by atoms with Crippen LogP contribution in [0.2, 0.25) is 10.0 Å². The number of halogens is 2. The smallest absolute Gasteiger partial charge is 0.264 e. The lowest BCUT2D eigenvalue weighted by Gasteiger charge is -2.34. The highest BCUT2D eigenvalue weighted by Crippen LogP contribution is 2.28. The minimum Gasteiger partial charge on any atom is -0.494 e. The Balaban J connectivity index is 1.56. The summed E-state index contributed by atoms with van der Waals surface area (Å²) in [5.74, 6) is -0.312. The Morgan fingerprint density at radius 3 is 2.18 bits per heavy atom. The molecule has 0 spiro atoms. The molecule has 0 saturated heterocycles. The van der Waals surface area contributed by atoms with Crippen LogP contribution in [0.4, 0.5) is 5.69 Å². The normalized spacial score (nSPS) is 13.9. The molecule has 2 amide bonds. The van der Waals surface area contributed by atoms with Gasteiger partial charge in [-0.1, -0.05) is 90.1 Å². The summed E-state index contributed by atoms with van der Waals surface area (Å²) in [4.78, 5) is 30.3. The lowest BCUT2D eigenvalue weighted by molar-refractivity contribution is -0.140. The molecule has 8 nitrogen and oxygen atoms in total. The molecule has 11 heteroatoms. The van der Waals surface area contributed by atoms with Crippen LogP contribution < -0.4 is 14.4 Å². The van der Waals surface area contributed by atoms with Crippen molar-refractivity contribution >= 4 is 50.7 Å². The zero-order valence-electron chi connectivity index (χ0n) is 27.6. The van der Waals surface area contributed by atoms with Gasteiger partial charge in [-0.15, -0.1) is 0 Å². The van der Waals surface area contributed by atoms with Gasteiger partial charge in [0, 0.05) is 19.0 Å². The predicted molar refractivity (Wildman–Crippen MR) is 195 cm³/mol. The number of nitrogens with one attached hydrogen (secondary N) is 1. The first kappa shape index (κ1) is 36.2. The van der Waals surface area contributed by atoms with Gasteiger partial charge in [0.2, 0.25) is 11.8 Å². The average molecular weight is 723 g/mol. The molecule has 49 heavy (non-hydrogen) atoms. The summed E-state index contributed by atoms with van der Waals surface area (Å²) in [6.07, 6.45) is 4.00. The van der Waals surface area contributed by atoms with Crippen molar-refractivity contribution in [1.29, 1.82) is 0 Å². The summed E-state index contributed by atoms with van der Waals surface area (Å²) in [7, 11) is -4.24. The highest BCUT2D eigenvalue weighted by atomic mass is 35.5. The first-order valence-corrected chi connectivity index (χ1v) is 18.6. The van der Waals surface area contributed by atoms with Crippen LogP contribution in [0, 0.1) is 6.92 Å². The molecule has 258 valence electrons.